The zero-order chi connectivity index (χ0) is 11.4. The summed E-state index contributed by atoms with van der Waals surface area (Å²) in [5, 5.41) is 5.17. The van der Waals surface area contributed by atoms with Gasteiger partial charge in [0, 0.05) is 0 Å². The zero-order valence-electron chi connectivity index (χ0n) is 7.44. The van der Waals surface area contributed by atoms with Crippen LogP contribution in [-0.2, 0) is 0 Å². The van der Waals surface area contributed by atoms with E-state index in [1.54, 1.807) is 0 Å². The van der Waals surface area contributed by atoms with Crippen molar-refractivity contribution in [1.82, 2.24) is 15.3 Å². The molecule has 0 saturated carbocycles. The fraction of sp³-hybridized carbons (Fsp3) is 0. The number of amides is 1. The van der Waals surface area contributed by atoms with Crippen LogP contribution < -0.4 is 22.6 Å². The van der Waals surface area contributed by atoms with Gasteiger partial charge in [-0.25, -0.2) is 9.97 Å². The molecule has 9 heteroatoms. The number of hydrogen-bond acceptors (Lipinski definition) is 7. The quantitative estimate of drug-likeness (QED) is 0.220. The van der Waals surface area contributed by atoms with Gasteiger partial charge in [-0.05, 0) is 0 Å². The molecule has 1 heterocycles. The molecule has 0 radical (unpaired) electrons. The maximum atomic E-state index is 11.3. The van der Waals surface area contributed by atoms with Gasteiger partial charge in [-0.2, -0.15) is 5.10 Å². The summed E-state index contributed by atoms with van der Waals surface area (Å²) in [4.78, 5) is 18.6. The minimum atomic E-state index is -0.629. The topological polar surface area (TPSA) is 145 Å². The number of aromatic nitrogens is 2. The fourth-order valence-electron chi connectivity index (χ4n) is 0.773. The van der Waals surface area contributed by atoms with Crippen LogP contribution in [0, 0.1) is 0 Å². The highest BCUT2D eigenvalue weighted by Gasteiger charge is 2.14. The largest absolute Gasteiger partial charge is 0.382 e. The number of hydrogen-bond donors (Lipinski definition) is 4. The van der Waals surface area contributed by atoms with Crippen molar-refractivity contribution in [3.63, 3.8) is 0 Å². The molecular weight excluding hydrogens is 222 g/mol. The van der Waals surface area contributed by atoms with Gasteiger partial charge in [0.15, 0.2) is 22.5 Å². The highest BCUT2D eigenvalue weighted by molar-refractivity contribution is 6.31. The average molecular weight is 230 g/mol. The van der Waals surface area contributed by atoms with Gasteiger partial charge in [-0.15, -0.1) is 0 Å². The summed E-state index contributed by atoms with van der Waals surface area (Å²) < 4.78 is 0. The monoisotopic (exact) mass is 229 g/mol. The Bertz CT molecular complexity index is 418. The normalized spacial score (nSPS) is 10.5. The van der Waals surface area contributed by atoms with E-state index in [9.17, 15) is 4.79 Å². The minimum Gasteiger partial charge on any atom is -0.382 e. The molecule has 0 spiro atoms. The van der Waals surface area contributed by atoms with Gasteiger partial charge in [-0.1, -0.05) is 11.6 Å². The van der Waals surface area contributed by atoms with Crippen LogP contribution in [0.2, 0.25) is 5.15 Å². The van der Waals surface area contributed by atoms with Crippen LogP contribution in [0.25, 0.3) is 0 Å². The van der Waals surface area contributed by atoms with Gasteiger partial charge in [0.05, 0.1) is 0 Å². The molecule has 0 aromatic carbocycles. The van der Waals surface area contributed by atoms with E-state index in [0.717, 1.165) is 6.34 Å². The second-order valence-electron chi connectivity index (χ2n) is 2.39. The van der Waals surface area contributed by atoms with Crippen molar-refractivity contribution in [3.05, 3.63) is 10.8 Å². The number of nitrogens with two attached hydrogens (primary N) is 3. The molecule has 0 saturated heterocycles. The van der Waals surface area contributed by atoms with Gasteiger partial charge in [0.1, 0.15) is 6.34 Å². The standard InChI is InChI=1S/C6H8ClN7O/c7-3-5(9)14-4(8)2(13-3)6(15)11-1-12-10/h1H,10H2,(H4,8,9,14)(H,11,12,15). The van der Waals surface area contributed by atoms with Crippen LogP contribution in [0.15, 0.2) is 5.10 Å². The summed E-state index contributed by atoms with van der Waals surface area (Å²) in [6.07, 6.45) is 0.980. The first-order valence-corrected chi connectivity index (χ1v) is 4.05. The highest BCUT2D eigenvalue weighted by Crippen LogP contribution is 2.16. The van der Waals surface area contributed by atoms with E-state index < -0.39 is 5.91 Å². The van der Waals surface area contributed by atoms with E-state index in [-0.39, 0.29) is 22.5 Å². The molecule has 1 amide bonds. The lowest BCUT2D eigenvalue weighted by molar-refractivity contribution is 0.0974. The molecule has 80 valence electrons. The lowest BCUT2D eigenvalue weighted by atomic mass is 10.4. The van der Waals surface area contributed by atoms with Crippen LogP contribution in [-0.4, -0.2) is 22.2 Å². The molecule has 1 aromatic heterocycles. The van der Waals surface area contributed by atoms with Gasteiger partial charge in [-0.3, -0.25) is 4.79 Å². The van der Waals surface area contributed by atoms with Crippen molar-refractivity contribution in [3.8, 4) is 0 Å². The maximum absolute atomic E-state index is 11.3. The van der Waals surface area contributed by atoms with Crippen LogP contribution in [0.3, 0.4) is 0 Å². The highest BCUT2D eigenvalue weighted by atomic mass is 35.5. The Balaban J connectivity index is 3.04. The molecule has 0 fully saturated rings. The van der Waals surface area contributed by atoms with Crippen LogP contribution in [0.5, 0.6) is 0 Å². The molecule has 0 aliphatic heterocycles. The molecule has 7 N–H and O–H groups in total. The zero-order valence-corrected chi connectivity index (χ0v) is 8.19. The molecule has 15 heavy (non-hydrogen) atoms. The number of nitrogen functional groups attached to an aromatic ring is 2. The Labute approximate surface area is 89.5 Å². The molecule has 1 aromatic rings. The minimum absolute atomic E-state index is 0.0433. The third-order valence-electron chi connectivity index (χ3n) is 1.39. The van der Waals surface area contributed by atoms with Gasteiger partial charge >= 0.3 is 0 Å². The molecule has 0 aliphatic rings. The molecular formula is C6H8ClN7O. The van der Waals surface area contributed by atoms with Gasteiger partial charge < -0.3 is 22.6 Å². The first kappa shape index (κ1) is 11.0. The second kappa shape index (κ2) is 4.42. The number of halogens is 1. The van der Waals surface area contributed by atoms with Crippen LogP contribution in [0.4, 0.5) is 11.6 Å². The van der Waals surface area contributed by atoms with Gasteiger partial charge in [0.25, 0.3) is 5.91 Å². The summed E-state index contributed by atoms with van der Waals surface area (Å²) in [6, 6.07) is 0. The molecule has 0 bridgehead atoms. The summed E-state index contributed by atoms with van der Waals surface area (Å²) in [7, 11) is 0. The number of anilines is 2. The van der Waals surface area contributed by atoms with E-state index in [1.165, 1.54) is 0 Å². The summed E-state index contributed by atoms with van der Waals surface area (Å²) in [5.74, 6) is 3.99. The van der Waals surface area contributed by atoms with Crippen molar-refractivity contribution >= 4 is 35.5 Å². The Morgan fingerprint density at radius 2 is 2.07 bits per heavy atom. The first-order chi connectivity index (χ1) is 7.06. The summed E-state index contributed by atoms with van der Waals surface area (Å²) in [5.41, 5.74) is 10.6. The number of nitrogens with zero attached hydrogens (tertiary/aromatic N) is 3. The second-order valence-corrected chi connectivity index (χ2v) is 2.74. The lowest BCUT2D eigenvalue weighted by Gasteiger charge is -2.04. The maximum Gasteiger partial charge on any atom is 0.278 e. The molecule has 0 aliphatic carbocycles. The van der Waals surface area contributed by atoms with E-state index in [1.807, 2.05) is 0 Å². The van der Waals surface area contributed by atoms with E-state index >= 15 is 0 Å². The molecule has 8 nitrogen and oxygen atoms in total. The Morgan fingerprint density at radius 3 is 2.67 bits per heavy atom. The van der Waals surface area contributed by atoms with Crippen molar-refractivity contribution in [1.29, 1.82) is 0 Å². The first-order valence-electron chi connectivity index (χ1n) is 3.67. The van der Waals surface area contributed by atoms with E-state index in [2.05, 4.69) is 20.4 Å². The van der Waals surface area contributed by atoms with E-state index in [4.69, 9.17) is 28.9 Å². The van der Waals surface area contributed by atoms with Crippen molar-refractivity contribution in [2.75, 3.05) is 11.5 Å². The Morgan fingerprint density at radius 1 is 1.40 bits per heavy atom. The smallest absolute Gasteiger partial charge is 0.278 e. The number of carbonyl (C=O) groups is 1. The fourth-order valence-corrected chi connectivity index (χ4v) is 0.900. The van der Waals surface area contributed by atoms with Crippen molar-refractivity contribution in [2.45, 2.75) is 0 Å². The number of hydrazone groups is 1. The molecule has 0 unspecified atom stereocenters. The van der Waals surface area contributed by atoms with E-state index in [0.29, 0.717) is 0 Å². The molecule has 1 rings (SSSR count). The summed E-state index contributed by atoms with van der Waals surface area (Å²) >= 11 is 5.57. The van der Waals surface area contributed by atoms with Crippen molar-refractivity contribution in [2.24, 2.45) is 10.9 Å². The third-order valence-corrected chi connectivity index (χ3v) is 1.67. The number of rotatable bonds is 2. The predicted octanol–water partition coefficient (Wildman–Crippen LogP) is -1.07. The number of carbonyl (C=O) groups excluding carboxylic acids is 1. The predicted molar refractivity (Wildman–Crippen MR) is 56.0 cm³/mol. The van der Waals surface area contributed by atoms with Crippen LogP contribution in [0.1, 0.15) is 10.5 Å². The third kappa shape index (κ3) is 2.44. The Hall–Kier alpha value is -2.09. The number of nitrogens with one attached hydrogen (secondary N) is 1. The lowest BCUT2D eigenvalue weighted by Crippen LogP contribution is -2.25. The summed E-state index contributed by atoms with van der Waals surface area (Å²) in [6.45, 7) is 0. The Kier molecular flexibility index (Phi) is 3.24. The average Bonchev–Trinajstić information content (AvgIpc) is 2.20. The van der Waals surface area contributed by atoms with Crippen LogP contribution >= 0.6 is 11.6 Å². The van der Waals surface area contributed by atoms with Crippen molar-refractivity contribution < 1.29 is 4.79 Å². The van der Waals surface area contributed by atoms with Gasteiger partial charge in [0.2, 0.25) is 0 Å². The molecule has 0 atom stereocenters. The SMILES string of the molecule is NN=CNC(=O)c1nc(Cl)c(N)nc1N.